The Bertz CT molecular complexity index is 1420. The first-order valence-corrected chi connectivity index (χ1v) is 9.49. The average Bonchev–Trinajstić information content (AvgIpc) is 3.42. The van der Waals surface area contributed by atoms with Gasteiger partial charge in [0.2, 0.25) is 0 Å². The number of halogens is 1. The molecule has 0 saturated carbocycles. The molecule has 0 saturated heterocycles. The highest BCUT2D eigenvalue weighted by molar-refractivity contribution is 5.72. The molecule has 9 heteroatoms. The third-order valence-corrected chi connectivity index (χ3v) is 4.94. The van der Waals surface area contributed by atoms with Crippen LogP contribution in [0.15, 0.2) is 76.3 Å². The molecule has 3 heterocycles. The lowest BCUT2D eigenvalue weighted by atomic mass is 10.1. The van der Waals surface area contributed by atoms with E-state index in [1.807, 2.05) is 30.3 Å². The molecule has 2 aromatic carbocycles. The predicted octanol–water partition coefficient (Wildman–Crippen LogP) is 2.89. The number of hydrogen-bond donors (Lipinski definition) is 1. The third-order valence-electron chi connectivity index (χ3n) is 4.94. The maximum Gasteiger partial charge on any atom is 0.277 e. The highest BCUT2D eigenvalue weighted by atomic mass is 19.1. The van der Waals surface area contributed by atoms with Crippen LogP contribution < -0.4 is 5.56 Å². The Balaban J connectivity index is 1.54. The zero-order valence-electron chi connectivity index (χ0n) is 16.1. The molecule has 0 unspecified atom stereocenters. The fourth-order valence-corrected chi connectivity index (χ4v) is 3.43. The number of fused-ring (bicyclic) bond motifs is 1. The first-order valence-electron chi connectivity index (χ1n) is 9.49. The number of aliphatic hydroxyl groups excluding tert-OH is 1. The van der Waals surface area contributed by atoms with Crippen molar-refractivity contribution in [1.29, 1.82) is 0 Å². The van der Waals surface area contributed by atoms with E-state index in [-0.39, 0.29) is 23.4 Å². The van der Waals surface area contributed by atoms with E-state index in [0.29, 0.717) is 28.5 Å². The van der Waals surface area contributed by atoms with E-state index in [9.17, 15) is 14.3 Å². The second-order valence-corrected chi connectivity index (χ2v) is 6.90. The average molecular weight is 417 g/mol. The summed E-state index contributed by atoms with van der Waals surface area (Å²) in [4.78, 5) is 17.5. The number of rotatable bonds is 5. The normalized spacial score (nSPS) is 11.3. The van der Waals surface area contributed by atoms with Crippen LogP contribution in [-0.2, 0) is 13.2 Å². The molecule has 0 aliphatic carbocycles. The van der Waals surface area contributed by atoms with Crippen molar-refractivity contribution in [3.63, 3.8) is 0 Å². The number of benzene rings is 2. The third kappa shape index (κ3) is 3.40. The molecular weight excluding hydrogens is 401 g/mol. The van der Waals surface area contributed by atoms with Crippen molar-refractivity contribution >= 4 is 5.52 Å². The summed E-state index contributed by atoms with van der Waals surface area (Å²) in [6, 6.07) is 15.1. The van der Waals surface area contributed by atoms with Crippen molar-refractivity contribution in [3.8, 4) is 22.7 Å². The fourth-order valence-electron chi connectivity index (χ4n) is 3.43. The molecule has 3 aromatic heterocycles. The molecule has 0 radical (unpaired) electrons. The summed E-state index contributed by atoms with van der Waals surface area (Å²) >= 11 is 0. The minimum atomic E-state index is -0.393. The van der Waals surface area contributed by atoms with Gasteiger partial charge in [-0.3, -0.25) is 4.79 Å². The smallest absolute Gasteiger partial charge is 0.277 e. The van der Waals surface area contributed by atoms with Crippen molar-refractivity contribution in [1.82, 2.24) is 24.3 Å². The van der Waals surface area contributed by atoms with Crippen LogP contribution in [0, 0.1) is 5.82 Å². The number of hydrogen-bond acceptors (Lipinski definition) is 6. The van der Waals surface area contributed by atoms with E-state index >= 15 is 0 Å². The lowest BCUT2D eigenvalue weighted by Crippen LogP contribution is -2.23. The lowest BCUT2D eigenvalue weighted by molar-refractivity contribution is 0.283. The molecule has 0 amide bonds. The summed E-state index contributed by atoms with van der Waals surface area (Å²) in [6.07, 6.45) is 3.18. The maximum atomic E-state index is 13.3. The summed E-state index contributed by atoms with van der Waals surface area (Å²) < 4.78 is 21.4. The van der Waals surface area contributed by atoms with E-state index in [0.717, 1.165) is 5.56 Å². The minimum Gasteiger partial charge on any atom is -0.392 e. The van der Waals surface area contributed by atoms with Crippen molar-refractivity contribution < 1.29 is 14.0 Å². The van der Waals surface area contributed by atoms with Crippen LogP contribution in [-0.4, -0.2) is 29.4 Å². The summed E-state index contributed by atoms with van der Waals surface area (Å²) in [5, 5.41) is 18.3. The van der Waals surface area contributed by atoms with Gasteiger partial charge in [-0.15, -0.1) is 0 Å². The Labute approximate surface area is 174 Å². The molecule has 0 atom stereocenters. The number of nitrogens with zero attached hydrogens (tertiary/aromatic N) is 5. The highest BCUT2D eigenvalue weighted by Gasteiger charge is 2.18. The molecule has 31 heavy (non-hydrogen) atoms. The Morgan fingerprint density at radius 3 is 2.52 bits per heavy atom. The first kappa shape index (κ1) is 18.9. The van der Waals surface area contributed by atoms with Crippen LogP contribution in [0.2, 0.25) is 0 Å². The zero-order chi connectivity index (χ0) is 21.4. The molecule has 0 bridgehead atoms. The predicted molar refractivity (Wildman–Crippen MR) is 110 cm³/mol. The van der Waals surface area contributed by atoms with Gasteiger partial charge < -0.3 is 14.2 Å². The Morgan fingerprint density at radius 2 is 1.77 bits per heavy atom. The van der Waals surface area contributed by atoms with Crippen LogP contribution in [0.1, 0.15) is 11.4 Å². The van der Waals surface area contributed by atoms with Crippen molar-refractivity contribution in [2.24, 2.45) is 0 Å². The van der Waals surface area contributed by atoms with Gasteiger partial charge in [0.15, 0.2) is 5.82 Å². The minimum absolute atomic E-state index is 0.0909. The van der Waals surface area contributed by atoms with Gasteiger partial charge in [-0.1, -0.05) is 23.4 Å². The Hall–Kier alpha value is -4.11. The van der Waals surface area contributed by atoms with Gasteiger partial charge in [0.05, 0.1) is 18.8 Å². The summed E-state index contributed by atoms with van der Waals surface area (Å²) in [6.45, 7) is -0.302. The van der Waals surface area contributed by atoms with Crippen LogP contribution in [0.4, 0.5) is 4.39 Å². The van der Waals surface area contributed by atoms with E-state index in [1.54, 1.807) is 24.5 Å². The molecule has 8 nitrogen and oxygen atoms in total. The molecule has 0 aliphatic rings. The molecule has 154 valence electrons. The van der Waals surface area contributed by atoms with Crippen molar-refractivity contribution in [2.45, 2.75) is 13.2 Å². The number of aliphatic hydroxyl groups is 1. The first-order chi connectivity index (χ1) is 15.1. The molecule has 5 rings (SSSR count). The monoisotopic (exact) mass is 417 g/mol. The van der Waals surface area contributed by atoms with E-state index < -0.39 is 6.61 Å². The van der Waals surface area contributed by atoms with Gasteiger partial charge >= 0.3 is 0 Å². The second kappa shape index (κ2) is 7.62. The summed E-state index contributed by atoms with van der Waals surface area (Å²) in [5.41, 5.74) is 2.04. The molecular formula is C22H16FN5O3. The van der Waals surface area contributed by atoms with Gasteiger partial charge in [-0.05, 0) is 36.4 Å². The molecule has 0 fully saturated rings. The maximum absolute atomic E-state index is 13.3. The number of aromatic nitrogens is 5. The Morgan fingerprint density at radius 1 is 1.00 bits per heavy atom. The SMILES string of the molecule is O=c1c2c(CO)c(-c3ccc(F)cc3)nn2ccn1Cc1noc(-c2ccccc2)n1. The lowest BCUT2D eigenvalue weighted by Gasteiger charge is -2.03. The Kier molecular flexibility index (Phi) is 4.64. The standard InChI is InChI=1S/C22H16FN5O3/c23-16-8-6-14(7-9-16)19-17(13-29)20-22(30)27(10-11-28(20)25-19)12-18-24-21(31-26-18)15-4-2-1-3-5-15/h1-11,29H,12-13H2. The molecule has 0 spiro atoms. The van der Waals surface area contributed by atoms with Crippen molar-refractivity contribution in [3.05, 3.63) is 94.5 Å². The van der Waals surface area contributed by atoms with Crippen LogP contribution >= 0.6 is 0 Å². The summed E-state index contributed by atoms with van der Waals surface area (Å²) in [7, 11) is 0. The second-order valence-electron chi connectivity index (χ2n) is 6.90. The van der Waals surface area contributed by atoms with Crippen LogP contribution in [0.3, 0.4) is 0 Å². The van der Waals surface area contributed by atoms with Gasteiger partial charge in [0.25, 0.3) is 11.4 Å². The van der Waals surface area contributed by atoms with Crippen LogP contribution in [0.25, 0.3) is 28.2 Å². The topological polar surface area (TPSA) is 98.4 Å². The van der Waals surface area contributed by atoms with E-state index in [2.05, 4.69) is 15.2 Å². The molecule has 0 aliphatic heterocycles. The van der Waals surface area contributed by atoms with E-state index in [1.165, 1.54) is 21.2 Å². The van der Waals surface area contributed by atoms with Gasteiger partial charge in [0, 0.05) is 29.1 Å². The quantitative estimate of drug-likeness (QED) is 0.472. The summed E-state index contributed by atoms with van der Waals surface area (Å²) in [5.74, 6) is 0.327. The largest absolute Gasteiger partial charge is 0.392 e. The highest BCUT2D eigenvalue weighted by Crippen LogP contribution is 2.25. The van der Waals surface area contributed by atoms with Gasteiger partial charge in [-0.2, -0.15) is 10.1 Å². The van der Waals surface area contributed by atoms with Gasteiger partial charge in [-0.25, -0.2) is 8.91 Å². The van der Waals surface area contributed by atoms with Gasteiger partial charge in [0.1, 0.15) is 11.3 Å². The van der Waals surface area contributed by atoms with Crippen molar-refractivity contribution in [2.75, 3.05) is 0 Å². The molecule has 5 aromatic rings. The molecule has 1 N–H and O–H groups in total. The fraction of sp³-hybridized carbons (Fsp3) is 0.0909. The van der Waals surface area contributed by atoms with Crippen LogP contribution in [0.5, 0.6) is 0 Å². The van der Waals surface area contributed by atoms with E-state index in [4.69, 9.17) is 4.52 Å². The zero-order valence-corrected chi connectivity index (χ0v) is 16.1.